The van der Waals surface area contributed by atoms with Crippen LogP contribution in [0.5, 0.6) is 0 Å². The van der Waals surface area contributed by atoms with Crippen molar-refractivity contribution in [1.82, 2.24) is 20.0 Å². The number of hydrogen-bond acceptors (Lipinski definition) is 8. The Kier molecular flexibility index (Phi) is 10.1. The molecule has 14 nitrogen and oxygen atoms in total. The van der Waals surface area contributed by atoms with E-state index >= 15 is 0 Å². The fourth-order valence-corrected chi connectivity index (χ4v) is 3.86. The summed E-state index contributed by atoms with van der Waals surface area (Å²) < 4.78 is 0. The van der Waals surface area contributed by atoms with Crippen molar-refractivity contribution in [2.75, 3.05) is 45.8 Å². The van der Waals surface area contributed by atoms with E-state index < -0.39 is 5.91 Å². The first-order chi connectivity index (χ1) is 15.1. The number of carbonyl (C=O) groups excluding carboxylic acids is 2. The summed E-state index contributed by atoms with van der Waals surface area (Å²) in [5, 5.41) is 12.6. The van der Waals surface area contributed by atoms with Crippen LogP contribution >= 0.6 is 0 Å². The monoisotopic (exact) mass is 433 g/mol. The predicted octanol–water partition coefficient (Wildman–Crippen LogP) is 1.68. The minimum Gasteiger partial charge on any atom is -0.370 e. The molecular formula is C17H27N11O3. The van der Waals surface area contributed by atoms with Crippen molar-refractivity contribution < 1.29 is 9.59 Å². The average molecular weight is 433 g/mol. The number of carbonyl (C=O) groups is 2. The van der Waals surface area contributed by atoms with Gasteiger partial charge in [-0.3, -0.25) is 14.5 Å². The Bertz CT molecular complexity index is 730. The van der Waals surface area contributed by atoms with Crippen LogP contribution in [0.2, 0.25) is 0 Å². The van der Waals surface area contributed by atoms with Crippen molar-refractivity contribution in [3.8, 4) is 0 Å². The van der Waals surface area contributed by atoms with Crippen LogP contribution < -0.4 is 5.32 Å². The number of amides is 2. The fourth-order valence-electron chi connectivity index (χ4n) is 3.86. The molecule has 0 aromatic rings. The molecule has 14 heteroatoms. The number of likely N-dealkylation sites (tertiary alicyclic amines) is 1. The first-order valence-electron chi connectivity index (χ1n) is 10.2. The van der Waals surface area contributed by atoms with Gasteiger partial charge in [0, 0.05) is 79.1 Å². The van der Waals surface area contributed by atoms with Crippen molar-refractivity contribution in [2.24, 2.45) is 15.4 Å². The Labute approximate surface area is 179 Å². The van der Waals surface area contributed by atoms with Crippen LogP contribution in [0.1, 0.15) is 25.7 Å². The minimum atomic E-state index is -0.753. The van der Waals surface area contributed by atoms with E-state index in [0.29, 0.717) is 52.1 Å². The summed E-state index contributed by atoms with van der Waals surface area (Å²) in [7, 11) is 0. The first kappa shape index (κ1) is 23.9. The van der Waals surface area contributed by atoms with Gasteiger partial charge in [-0.1, -0.05) is 10.2 Å². The molecule has 31 heavy (non-hydrogen) atoms. The van der Waals surface area contributed by atoms with Crippen molar-refractivity contribution in [1.29, 1.82) is 0 Å². The molecule has 0 radical (unpaired) electrons. The minimum absolute atomic E-state index is 0.0432. The molecule has 0 aromatic heterocycles. The zero-order valence-electron chi connectivity index (χ0n) is 17.3. The molecule has 1 atom stereocenters. The van der Waals surface area contributed by atoms with Gasteiger partial charge in [0.15, 0.2) is 0 Å². The summed E-state index contributed by atoms with van der Waals surface area (Å²) >= 11 is 0. The second kappa shape index (κ2) is 13.1. The number of nitroso groups, excluding NO2 is 1. The summed E-state index contributed by atoms with van der Waals surface area (Å²) in [5.41, 5.74) is 17.0. The summed E-state index contributed by atoms with van der Waals surface area (Å²) in [6, 6.07) is 0.227. The molecule has 168 valence electrons. The Balaban J connectivity index is 1.78. The van der Waals surface area contributed by atoms with Crippen LogP contribution in [0.15, 0.2) is 27.8 Å². The predicted molar refractivity (Wildman–Crippen MR) is 112 cm³/mol. The quantitative estimate of drug-likeness (QED) is 0.211. The van der Waals surface area contributed by atoms with E-state index in [4.69, 9.17) is 11.1 Å². The maximum absolute atomic E-state index is 12.6. The maximum Gasteiger partial charge on any atom is 0.305 e. The highest BCUT2D eigenvalue weighted by Crippen LogP contribution is 2.19. The number of azide groups is 2. The zero-order chi connectivity index (χ0) is 22.5. The van der Waals surface area contributed by atoms with Gasteiger partial charge < -0.3 is 15.1 Å². The van der Waals surface area contributed by atoms with Gasteiger partial charge >= 0.3 is 5.91 Å². The smallest absolute Gasteiger partial charge is 0.305 e. The van der Waals surface area contributed by atoms with E-state index in [9.17, 15) is 14.5 Å². The lowest BCUT2D eigenvalue weighted by Crippen LogP contribution is -2.48. The molecule has 0 aromatic carbocycles. The van der Waals surface area contributed by atoms with E-state index in [1.54, 1.807) is 17.3 Å². The van der Waals surface area contributed by atoms with Crippen LogP contribution in [0.4, 0.5) is 0 Å². The number of rotatable bonds is 12. The Hall–Kier alpha value is -3.34. The van der Waals surface area contributed by atoms with Gasteiger partial charge in [0.25, 0.3) is 0 Å². The average Bonchev–Trinajstić information content (AvgIpc) is 3.23. The van der Waals surface area contributed by atoms with Gasteiger partial charge in [0.2, 0.25) is 5.91 Å². The number of piperidine rings is 1. The van der Waals surface area contributed by atoms with E-state index in [1.807, 2.05) is 4.90 Å². The number of nitrogens with one attached hydrogen (secondary N) is 1. The molecule has 1 saturated heterocycles. The standard InChI is InChI=1S/C17H27N11O3/c18-24-21-6-11-26(12-7-22-25-19)14-3-8-27(9-4-14)17(30)2-1-15-20-5-10-28(15)13-16(29)23-31/h5,10,14-15,20H,1-4,6-9,11-13H2. The molecule has 2 rings (SSSR count). The molecule has 1 N–H and O–H groups in total. The highest BCUT2D eigenvalue weighted by atomic mass is 16.3. The Morgan fingerprint density at radius 1 is 1.13 bits per heavy atom. The molecule has 1 unspecified atom stereocenters. The normalized spacial score (nSPS) is 18.3. The van der Waals surface area contributed by atoms with E-state index in [-0.39, 0.29) is 24.7 Å². The molecule has 2 aliphatic rings. The Morgan fingerprint density at radius 3 is 2.35 bits per heavy atom. The van der Waals surface area contributed by atoms with Crippen LogP contribution in [-0.2, 0) is 9.59 Å². The molecule has 0 spiro atoms. The van der Waals surface area contributed by atoms with Gasteiger partial charge in [-0.15, -0.1) is 4.91 Å². The lowest BCUT2D eigenvalue weighted by molar-refractivity contribution is -0.133. The second-order valence-electron chi connectivity index (χ2n) is 7.25. The van der Waals surface area contributed by atoms with Crippen LogP contribution in [0.3, 0.4) is 0 Å². The summed E-state index contributed by atoms with van der Waals surface area (Å²) in [4.78, 5) is 45.4. The Morgan fingerprint density at radius 2 is 1.77 bits per heavy atom. The molecule has 2 heterocycles. The van der Waals surface area contributed by atoms with Crippen molar-refractivity contribution in [3.05, 3.63) is 38.2 Å². The topological polar surface area (TPSA) is 183 Å². The van der Waals surface area contributed by atoms with Crippen LogP contribution in [0.25, 0.3) is 20.9 Å². The molecule has 0 aliphatic carbocycles. The largest absolute Gasteiger partial charge is 0.370 e. The van der Waals surface area contributed by atoms with Crippen LogP contribution in [-0.4, -0.2) is 84.5 Å². The third-order valence-corrected chi connectivity index (χ3v) is 5.44. The van der Waals surface area contributed by atoms with Gasteiger partial charge in [-0.25, -0.2) is 0 Å². The SMILES string of the molecule is [N-]=[N+]=NCCN(CCN=[N+]=[N-])C1CCN(C(=O)CCC2NC=CN2CC(=O)N=O)CC1. The van der Waals surface area contributed by atoms with E-state index in [1.165, 1.54) is 0 Å². The zero-order valence-corrected chi connectivity index (χ0v) is 17.3. The lowest BCUT2D eigenvalue weighted by Gasteiger charge is -2.38. The van der Waals surface area contributed by atoms with Gasteiger partial charge in [0.1, 0.15) is 6.54 Å². The number of hydrogen-bond donors (Lipinski definition) is 1. The van der Waals surface area contributed by atoms with E-state index in [2.05, 4.69) is 35.4 Å². The summed E-state index contributed by atoms with van der Waals surface area (Å²) in [6.45, 7) is 2.97. The van der Waals surface area contributed by atoms with Gasteiger partial charge in [0.05, 0.1) is 6.17 Å². The van der Waals surface area contributed by atoms with Gasteiger partial charge in [-0.05, 0) is 30.3 Å². The molecule has 0 saturated carbocycles. The van der Waals surface area contributed by atoms with E-state index in [0.717, 1.165) is 12.8 Å². The molecule has 0 bridgehead atoms. The lowest BCUT2D eigenvalue weighted by atomic mass is 10.0. The van der Waals surface area contributed by atoms with Crippen molar-refractivity contribution in [2.45, 2.75) is 37.9 Å². The third kappa shape index (κ3) is 7.78. The maximum atomic E-state index is 12.6. The van der Waals surface area contributed by atoms with Crippen LogP contribution in [0, 0.1) is 4.91 Å². The molecule has 2 aliphatic heterocycles. The highest BCUT2D eigenvalue weighted by Gasteiger charge is 2.28. The third-order valence-electron chi connectivity index (χ3n) is 5.44. The second-order valence-corrected chi connectivity index (χ2v) is 7.25. The van der Waals surface area contributed by atoms with Gasteiger partial charge in [-0.2, -0.15) is 0 Å². The molecule has 2 amide bonds. The van der Waals surface area contributed by atoms with Crippen molar-refractivity contribution >= 4 is 11.8 Å². The highest BCUT2D eigenvalue weighted by molar-refractivity contribution is 5.79. The fraction of sp³-hybridized carbons (Fsp3) is 0.765. The first-order valence-corrected chi connectivity index (χ1v) is 10.2. The summed E-state index contributed by atoms with van der Waals surface area (Å²) in [6.07, 6.45) is 5.53. The van der Waals surface area contributed by atoms with Crippen molar-refractivity contribution in [3.63, 3.8) is 0 Å². The molecule has 1 fully saturated rings. The molecular weight excluding hydrogens is 406 g/mol. The summed E-state index contributed by atoms with van der Waals surface area (Å²) in [5.74, 6) is -0.709. The number of nitrogens with zero attached hydrogens (tertiary/aromatic N) is 10.